The van der Waals surface area contributed by atoms with E-state index < -0.39 is 0 Å². The molecule has 2 aromatic carbocycles. The predicted molar refractivity (Wildman–Crippen MR) is 100 cm³/mol. The normalized spacial score (nSPS) is 11.1. The minimum atomic E-state index is -0.00810. The lowest BCUT2D eigenvalue weighted by Gasteiger charge is -2.14. The van der Waals surface area contributed by atoms with Gasteiger partial charge in [0.05, 0.1) is 11.2 Å². The van der Waals surface area contributed by atoms with Crippen molar-refractivity contribution in [2.24, 2.45) is 0 Å². The molecular formula is C20H16N2OS. The van der Waals surface area contributed by atoms with Crippen molar-refractivity contribution in [1.29, 1.82) is 0 Å². The van der Waals surface area contributed by atoms with Gasteiger partial charge in [-0.3, -0.25) is 9.36 Å². The first kappa shape index (κ1) is 14.8. The molecule has 0 N–H and O–H groups in total. The van der Waals surface area contributed by atoms with Gasteiger partial charge in [-0.15, -0.1) is 11.3 Å². The topological polar surface area (TPSA) is 34.9 Å². The third-order valence-electron chi connectivity index (χ3n) is 4.06. The zero-order valence-electron chi connectivity index (χ0n) is 13.5. The summed E-state index contributed by atoms with van der Waals surface area (Å²) in [6.07, 6.45) is 0. The Morgan fingerprint density at radius 3 is 2.42 bits per heavy atom. The van der Waals surface area contributed by atoms with Crippen LogP contribution in [0.3, 0.4) is 0 Å². The zero-order chi connectivity index (χ0) is 16.7. The molecule has 0 aliphatic carbocycles. The molecule has 24 heavy (non-hydrogen) atoms. The molecule has 4 rings (SSSR count). The smallest absolute Gasteiger partial charge is 0.267 e. The molecule has 4 aromatic rings. The lowest BCUT2D eigenvalue weighted by atomic mass is 10.1. The summed E-state index contributed by atoms with van der Waals surface area (Å²) in [5, 5.41) is 0. The second-order valence-corrected chi connectivity index (χ2v) is 7.06. The number of fused-ring (bicyclic) bond motifs is 1. The van der Waals surface area contributed by atoms with Crippen molar-refractivity contribution in [3.63, 3.8) is 0 Å². The fourth-order valence-electron chi connectivity index (χ4n) is 2.92. The van der Waals surface area contributed by atoms with Gasteiger partial charge in [0.1, 0.15) is 10.5 Å². The van der Waals surface area contributed by atoms with Gasteiger partial charge in [0, 0.05) is 10.4 Å². The van der Waals surface area contributed by atoms with Gasteiger partial charge in [-0.05, 0) is 31.5 Å². The third-order valence-corrected chi connectivity index (χ3v) is 5.09. The first-order valence-corrected chi connectivity index (χ1v) is 8.61. The van der Waals surface area contributed by atoms with Crippen molar-refractivity contribution in [2.45, 2.75) is 13.8 Å². The minimum Gasteiger partial charge on any atom is -0.267 e. The second-order valence-electron chi connectivity index (χ2n) is 5.80. The van der Waals surface area contributed by atoms with Crippen LogP contribution in [0.25, 0.3) is 27.3 Å². The first-order chi connectivity index (χ1) is 11.6. The summed E-state index contributed by atoms with van der Waals surface area (Å²) in [5.74, 6) is 0.681. The number of benzene rings is 2. The maximum absolute atomic E-state index is 13.2. The van der Waals surface area contributed by atoms with Crippen molar-refractivity contribution in [3.05, 3.63) is 81.5 Å². The van der Waals surface area contributed by atoms with E-state index in [0.29, 0.717) is 10.5 Å². The van der Waals surface area contributed by atoms with Crippen molar-refractivity contribution >= 4 is 21.6 Å². The fraction of sp³-hybridized carbons (Fsp3) is 0.100. The van der Waals surface area contributed by atoms with Crippen molar-refractivity contribution in [2.75, 3.05) is 0 Å². The molecule has 0 amide bonds. The molecule has 0 atom stereocenters. The molecule has 0 radical (unpaired) electrons. The third kappa shape index (κ3) is 2.36. The predicted octanol–water partition coefficient (Wildman–Crippen LogP) is 4.73. The van der Waals surface area contributed by atoms with Gasteiger partial charge >= 0.3 is 0 Å². The summed E-state index contributed by atoms with van der Waals surface area (Å²) in [7, 11) is 0. The van der Waals surface area contributed by atoms with Crippen LogP contribution in [0.2, 0.25) is 0 Å². The number of para-hydroxylation sites is 1. The molecule has 0 aliphatic heterocycles. The summed E-state index contributed by atoms with van der Waals surface area (Å²) >= 11 is 1.50. The van der Waals surface area contributed by atoms with E-state index in [1.807, 2.05) is 74.5 Å². The standard InChI is InChI=1S/C20H16N2OS/c1-13-8-6-7-11-17(13)22-19(15-9-4-3-5-10-15)21-16-12-14(2)24-18(16)20(22)23/h3-12H,1-2H3. The van der Waals surface area contributed by atoms with E-state index in [0.717, 1.165) is 27.2 Å². The van der Waals surface area contributed by atoms with Crippen LogP contribution < -0.4 is 5.56 Å². The Bertz CT molecular complexity index is 1090. The van der Waals surface area contributed by atoms with E-state index in [1.54, 1.807) is 4.57 Å². The molecule has 118 valence electrons. The Labute approximate surface area is 143 Å². The van der Waals surface area contributed by atoms with Gasteiger partial charge in [0.25, 0.3) is 5.56 Å². The van der Waals surface area contributed by atoms with Crippen LogP contribution in [0.5, 0.6) is 0 Å². The Hall–Kier alpha value is -2.72. The highest BCUT2D eigenvalue weighted by Gasteiger charge is 2.17. The highest BCUT2D eigenvalue weighted by molar-refractivity contribution is 7.18. The zero-order valence-corrected chi connectivity index (χ0v) is 14.3. The molecule has 0 saturated heterocycles. The Morgan fingerprint density at radius 1 is 0.958 bits per heavy atom. The minimum absolute atomic E-state index is 0.00810. The summed E-state index contributed by atoms with van der Waals surface area (Å²) < 4.78 is 2.44. The van der Waals surface area contributed by atoms with Crippen LogP contribution in [-0.2, 0) is 0 Å². The molecule has 3 nitrogen and oxygen atoms in total. The molecule has 0 aliphatic rings. The average Bonchev–Trinajstić information content (AvgIpc) is 2.97. The number of aryl methyl sites for hydroxylation is 2. The summed E-state index contributed by atoms with van der Waals surface area (Å²) in [4.78, 5) is 19.1. The summed E-state index contributed by atoms with van der Waals surface area (Å²) in [6.45, 7) is 4.02. The lowest BCUT2D eigenvalue weighted by Crippen LogP contribution is -2.21. The Morgan fingerprint density at radius 2 is 1.67 bits per heavy atom. The van der Waals surface area contributed by atoms with Crippen molar-refractivity contribution in [3.8, 4) is 17.1 Å². The van der Waals surface area contributed by atoms with Crippen LogP contribution in [-0.4, -0.2) is 9.55 Å². The van der Waals surface area contributed by atoms with E-state index in [4.69, 9.17) is 4.98 Å². The SMILES string of the molecule is Cc1cc2nc(-c3ccccc3)n(-c3ccccc3C)c(=O)c2s1. The molecule has 0 spiro atoms. The van der Waals surface area contributed by atoms with Crippen LogP contribution >= 0.6 is 11.3 Å². The first-order valence-electron chi connectivity index (χ1n) is 7.80. The Balaban J connectivity index is 2.15. The lowest BCUT2D eigenvalue weighted by molar-refractivity contribution is 0.968. The molecule has 0 fully saturated rings. The number of rotatable bonds is 2. The van der Waals surface area contributed by atoms with Gasteiger partial charge in [-0.1, -0.05) is 48.5 Å². The fourth-order valence-corrected chi connectivity index (χ4v) is 3.80. The van der Waals surface area contributed by atoms with Crippen LogP contribution in [0, 0.1) is 13.8 Å². The average molecular weight is 332 g/mol. The number of thiophene rings is 1. The van der Waals surface area contributed by atoms with Crippen molar-refractivity contribution in [1.82, 2.24) is 9.55 Å². The molecule has 2 heterocycles. The molecule has 0 unspecified atom stereocenters. The highest BCUT2D eigenvalue weighted by atomic mass is 32.1. The molecule has 4 heteroatoms. The monoisotopic (exact) mass is 332 g/mol. The Kier molecular flexibility index (Phi) is 3.54. The quantitative estimate of drug-likeness (QED) is 0.532. The van der Waals surface area contributed by atoms with Gasteiger partial charge < -0.3 is 0 Å². The van der Waals surface area contributed by atoms with Crippen molar-refractivity contribution < 1.29 is 0 Å². The number of nitrogens with zero attached hydrogens (tertiary/aromatic N) is 2. The van der Waals surface area contributed by atoms with Gasteiger partial charge in [0.2, 0.25) is 0 Å². The summed E-state index contributed by atoms with van der Waals surface area (Å²) in [5.41, 5.74) is 3.62. The van der Waals surface area contributed by atoms with Crippen LogP contribution in [0.1, 0.15) is 10.4 Å². The molecule has 0 saturated carbocycles. The molecular weight excluding hydrogens is 316 g/mol. The maximum atomic E-state index is 13.2. The maximum Gasteiger partial charge on any atom is 0.276 e. The number of hydrogen-bond acceptors (Lipinski definition) is 3. The van der Waals surface area contributed by atoms with Crippen LogP contribution in [0.4, 0.5) is 0 Å². The van der Waals surface area contributed by atoms with E-state index in [9.17, 15) is 4.79 Å². The van der Waals surface area contributed by atoms with Crippen LogP contribution in [0.15, 0.2) is 65.5 Å². The number of aromatic nitrogens is 2. The van der Waals surface area contributed by atoms with Gasteiger partial charge in [-0.2, -0.15) is 0 Å². The van der Waals surface area contributed by atoms with Gasteiger partial charge in [0.15, 0.2) is 0 Å². The van der Waals surface area contributed by atoms with E-state index >= 15 is 0 Å². The molecule has 2 aromatic heterocycles. The van der Waals surface area contributed by atoms with E-state index in [1.165, 1.54) is 11.3 Å². The van der Waals surface area contributed by atoms with Gasteiger partial charge in [-0.25, -0.2) is 4.98 Å². The summed E-state index contributed by atoms with van der Waals surface area (Å²) in [6, 6.07) is 19.8. The number of hydrogen-bond donors (Lipinski definition) is 0. The molecule has 0 bridgehead atoms. The largest absolute Gasteiger partial charge is 0.276 e. The second kappa shape index (κ2) is 5.73. The van der Waals surface area contributed by atoms with E-state index in [-0.39, 0.29) is 5.56 Å². The highest BCUT2D eigenvalue weighted by Crippen LogP contribution is 2.27. The van der Waals surface area contributed by atoms with E-state index in [2.05, 4.69) is 0 Å².